The molecule has 1 aromatic heterocycles. The highest BCUT2D eigenvalue weighted by molar-refractivity contribution is 5.92. The number of esters is 1. The summed E-state index contributed by atoms with van der Waals surface area (Å²) >= 11 is 0. The molecule has 8 heteroatoms. The maximum atomic E-state index is 12.8. The third kappa shape index (κ3) is 3.43. The second-order valence-electron chi connectivity index (χ2n) is 6.86. The van der Waals surface area contributed by atoms with Crippen LogP contribution in [-0.2, 0) is 9.53 Å². The standard InChI is InChI=1S/C22H20N4O4/c1-3-30-22(27)20-14(2)23-19-13-18(15-8-5-4-6-9-15)24-25(19)21(20)16-10-7-11-17(12-16)26(28)29/h4-13,21,23H,3H2,1-2H3. The SMILES string of the molecule is CCOC(=O)C1=C(C)Nc2cc(-c3ccccc3)nn2C1c1cccc([N+](=O)[O-])c1. The summed E-state index contributed by atoms with van der Waals surface area (Å²) < 4.78 is 6.96. The van der Waals surface area contributed by atoms with Crippen molar-refractivity contribution in [2.45, 2.75) is 19.9 Å². The van der Waals surface area contributed by atoms with Crippen molar-refractivity contribution in [1.29, 1.82) is 0 Å². The van der Waals surface area contributed by atoms with Gasteiger partial charge in [0.1, 0.15) is 11.9 Å². The highest BCUT2D eigenvalue weighted by Crippen LogP contribution is 2.39. The van der Waals surface area contributed by atoms with Gasteiger partial charge in [-0.05, 0) is 19.4 Å². The lowest BCUT2D eigenvalue weighted by atomic mass is 9.95. The Balaban J connectivity index is 1.89. The van der Waals surface area contributed by atoms with Gasteiger partial charge >= 0.3 is 5.97 Å². The van der Waals surface area contributed by atoms with Crippen LogP contribution in [0.1, 0.15) is 25.5 Å². The number of nitrogens with one attached hydrogen (secondary N) is 1. The number of nitrogens with zero attached hydrogens (tertiary/aromatic N) is 3. The number of anilines is 1. The molecule has 0 aliphatic carbocycles. The highest BCUT2D eigenvalue weighted by atomic mass is 16.6. The van der Waals surface area contributed by atoms with Crippen molar-refractivity contribution < 1.29 is 14.5 Å². The average Bonchev–Trinajstić information content (AvgIpc) is 3.17. The number of allylic oxidation sites excluding steroid dienone is 1. The molecule has 0 spiro atoms. The van der Waals surface area contributed by atoms with Crippen molar-refractivity contribution in [3.05, 3.63) is 87.6 Å². The van der Waals surface area contributed by atoms with Crippen LogP contribution >= 0.6 is 0 Å². The maximum absolute atomic E-state index is 12.8. The Hall–Kier alpha value is -3.94. The van der Waals surface area contributed by atoms with Crippen molar-refractivity contribution in [3.8, 4) is 11.3 Å². The smallest absolute Gasteiger partial charge is 0.338 e. The van der Waals surface area contributed by atoms with Gasteiger partial charge in [-0.1, -0.05) is 42.5 Å². The number of carbonyl (C=O) groups is 1. The molecule has 152 valence electrons. The molecule has 1 N–H and O–H groups in total. The predicted octanol–water partition coefficient (Wildman–Crippen LogP) is 4.31. The molecule has 4 rings (SSSR count). The highest BCUT2D eigenvalue weighted by Gasteiger charge is 2.35. The summed E-state index contributed by atoms with van der Waals surface area (Å²) in [5.74, 6) is 0.206. The molecular formula is C22H20N4O4. The van der Waals surface area contributed by atoms with Gasteiger partial charge in [0, 0.05) is 29.5 Å². The second kappa shape index (κ2) is 7.82. The Morgan fingerprint density at radius 1 is 1.20 bits per heavy atom. The van der Waals surface area contributed by atoms with Crippen LogP contribution in [-0.4, -0.2) is 27.3 Å². The van der Waals surface area contributed by atoms with Crippen molar-refractivity contribution in [3.63, 3.8) is 0 Å². The van der Waals surface area contributed by atoms with Gasteiger partial charge in [-0.25, -0.2) is 9.48 Å². The van der Waals surface area contributed by atoms with E-state index in [0.29, 0.717) is 22.7 Å². The summed E-state index contributed by atoms with van der Waals surface area (Å²) in [6.45, 7) is 3.74. The van der Waals surface area contributed by atoms with Crippen molar-refractivity contribution >= 4 is 17.5 Å². The van der Waals surface area contributed by atoms with E-state index in [2.05, 4.69) is 5.32 Å². The zero-order chi connectivity index (χ0) is 21.3. The number of ether oxygens (including phenoxy) is 1. The molecular weight excluding hydrogens is 384 g/mol. The van der Waals surface area contributed by atoms with E-state index in [1.165, 1.54) is 12.1 Å². The predicted molar refractivity (Wildman–Crippen MR) is 112 cm³/mol. The number of non-ortho nitro benzene ring substituents is 1. The third-order valence-corrected chi connectivity index (χ3v) is 4.93. The first-order chi connectivity index (χ1) is 14.5. The fourth-order valence-electron chi connectivity index (χ4n) is 3.61. The summed E-state index contributed by atoms with van der Waals surface area (Å²) in [4.78, 5) is 23.7. The molecule has 1 unspecified atom stereocenters. The van der Waals surface area contributed by atoms with E-state index in [4.69, 9.17) is 9.84 Å². The molecule has 30 heavy (non-hydrogen) atoms. The first kappa shape index (κ1) is 19.4. The van der Waals surface area contributed by atoms with Crippen molar-refractivity contribution in [1.82, 2.24) is 9.78 Å². The molecule has 2 aromatic carbocycles. The number of hydrogen-bond acceptors (Lipinski definition) is 6. The lowest BCUT2D eigenvalue weighted by Crippen LogP contribution is -2.29. The minimum atomic E-state index is -0.655. The molecule has 3 aromatic rings. The lowest BCUT2D eigenvalue weighted by molar-refractivity contribution is -0.384. The third-order valence-electron chi connectivity index (χ3n) is 4.93. The molecule has 0 amide bonds. The first-order valence-corrected chi connectivity index (χ1v) is 9.53. The Morgan fingerprint density at radius 2 is 1.97 bits per heavy atom. The molecule has 0 saturated heterocycles. The summed E-state index contributed by atoms with van der Waals surface area (Å²) in [7, 11) is 0. The quantitative estimate of drug-likeness (QED) is 0.386. The Labute approximate surface area is 172 Å². The summed E-state index contributed by atoms with van der Waals surface area (Å²) in [6.07, 6.45) is 0. The number of hydrogen-bond donors (Lipinski definition) is 1. The lowest BCUT2D eigenvalue weighted by Gasteiger charge is -2.29. The van der Waals surface area contributed by atoms with Crippen LogP contribution < -0.4 is 5.32 Å². The zero-order valence-electron chi connectivity index (χ0n) is 16.5. The minimum Gasteiger partial charge on any atom is -0.463 e. The van der Waals surface area contributed by atoms with Crippen LogP contribution in [0.2, 0.25) is 0 Å². The van der Waals surface area contributed by atoms with E-state index in [0.717, 1.165) is 11.3 Å². The van der Waals surface area contributed by atoms with Gasteiger partial charge in [-0.2, -0.15) is 5.10 Å². The fraction of sp³-hybridized carbons (Fsp3) is 0.182. The van der Waals surface area contributed by atoms with Crippen LogP contribution in [0.4, 0.5) is 11.5 Å². The molecule has 1 aliphatic rings. The van der Waals surface area contributed by atoms with Gasteiger partial charge in [-0.3, -0.25) is 10.1 Å². The van der Waals surface area contributed by atoms with E-state index >= 15 is 0 Å². The van der Waals surface area contributed by atoms with Gasteiger partial charge in [0.2, 0.25) is 0 Å². The minimum absolute atomic E-state index is 0.0520. The van der Waals surface area contributed by atoms with E-state index in [-0.39, 0.29) is 12.3 Å². The zero-order valence-corrected chi connectivity index (χ0v) is 16.5. The number of benzene rings is 2. The van der Waals surface area contributed by atoms with Crippen LogP contribution in [0, 0.1) is 10.1 Å². The van der Waals surface area contributed by atoms with Gasteiger partial charge in [0.15, 0.2) is 0 Å². The fourth-order valence-corrected chi connectivity index (χ4v) is 3.61. The van der Waals surface area contributed by atoms with Crippen molar-refractivity contribution in [2.24, 2.45) is 0 Å². The number of rotatable bonds is 5. The summed E-state index contributed by atoms with van der Waals surface area (Å²) in [6, 6.07) is 17.2. The summed E-state index contributed by atoms with van der Waals surface area (Å²) in [5.41, 5.74) is 3.17. The molecule has 0 radical (unpaired) electrons. The number of fused-ring (bicyclic) bond motifs is 1. The molecule has 0 saturated carbocycles. The first-order valence-electron chi connectivity index (χ1n) is 9.53. The van der Waals surface area contributed by atoms with Crippen LogP contribution in [0.5, 0.6) is 0 Å². The van der Waals surface area contributed by atoms with Crippen molar-refractivity contribution in [2.75, 3.05) is 11.9 Å². The van der Waals surface area contributed by atoms with Gasteiger partial charge in [0.25, 0.3) is 5.69 Å². The number of nitro groups is 1. The number of nitro benzene ring substituents is 1. The van der Waals surface area contributed by atoms with E-state index in [9.17, 15) is 14.9 Å². The van der Waals surface area contributed by atoms with E-state index in [1.54, 1.807) is 30.7 Å². The van der Waals surface area contributed by atoms with Crippen LogP contribution in [0.3, 0.4) is 0 Å². The molecule has 8 nitrogen and oxygen atoms in total. The average molecular weight is 404 g/mol. The molecule has 1 aliphatic heterocycles. The van der Waals surface area contributed by atoms with E-state index in [1.807, 2.05) is 36.4 Å². The largest absolute Gasteiger partial charge is 0.463 e. The monoisotopic (exact) mass is 404 g/mol. The molecule has 2 heterocycles. The maximum Gasteiger partial charge on any atom is 0.338 e. The van der Waals surface area contributed by atoms with Gasteiger partial charge < -0.3 is 10.1 Å². The van der Waals surface area contributed by atoms with Crippen LogP contribution in [0.25, 0.3) is 11.3 Å². The molecule has 1 atom stereocenters. The number of aromatic nitrogens is 2. The van der Waals surface area contributed by atoms with Crippen LogP contribution in [0.15, 0.2) is 71.9 Å². The Morgan fingerprint density at radius 3 is 2.67 bits per heavy atom. The number of carbonyl (C=O) groups excluding carboxylic acids is 1. The molecule has 0 fully saturated rings. The Bertz CT molecular complexity index is 1150. The Kier molecular flexibility index (Phi) is 5.05. The molecule has 0 bridgehead atoms. The normalized spacial score (nSPS) is 15.3. The summed E-state index contributed by atoms with van der Waals surface area (Å²) in [5, 5.41) is 19.3. The van der Waals surface area contributed by atoms with Gasteiger partial charge in [0.05, 0.1) is 22.8 Å². The van der Waals surface area contributed by atoms with E-state index < -0.39 is 16.9 Å². The second-order valence-corrected chi connectivity index (χ2v) is 6.86. The van der Waals surface area contributed by atoms with Gasteiger partial charge in [-0.15, -0.1) is 0 Å². The topological polar surface area (TPSA) is 99.3 Å².